The first-order valence-electron chi connectivity index (χ1n) is 11.5. The molecule has 2 aromatic heterocycles. The number of amides is 1. The standard InChI is InChI=1S/C25H33N7O/c1-16(2)22(15-32-9-6-10-32)28-24(33)23-14-21(30-31(23)5)20-7-8-26-25(29-20)27-19-12-17(3)11-18(4)13-19/h7-8,11-14,16,22H,6,9-10,15H2,1-5H3,(H,28,33)(H,26,27,29)/t22-/m1/s1. The van der Waals surface area contributed by atoms with Crippen molar-refractivity contribution in [2.24, 2.45) is 13.0 Å². The number of carbonyl (C=O) groups excluding carboxylic acids is 1. The van der Waals surface area contributed by atoms with E-state index in [0.29, 0.717) is 28.9 Å². The molecule has 0 spiro atoms. The third kappa shape index (κ3) is 5.57. The second-order valence-corrected chi connectivity index (χ2v) is 9.28. The number of carbonyl (C=O) groups is 1. The number of aromatic nitrogens is 4. The summed E-state index contributed by atoms with van der Waals surface area (Å²) in [5.41, 5.74) is 5.09. The Bertz CT molecular complexity index is 1110. The lowest BCUT2D eigenvalue weighted by Crippen LogP contribution is -2.50. The van der Waals surface area contributed by atoms with E-state index in [1.54, 1.807) is 30.1 Å². The largest absolute Gasteiger partial charge is 0.346 e. The van der Waals surface area contributed by atoms with Crippen LogP contribution in [0.2, 0.25) is 0 Å². The van der Waals surface area contributed by atoms with Gasteiger partial charge in [-0.3, -0.25) is 9.48 Å². The van der Waals surface area contributed by atoms with Crippen LogP contribution in [0.15, 0.2) is 36.5 Å². The van der Waals surface area contributed by atoms with Crippen LogP contribution in [-0.4, -0.2) is 56.2 Å². The molecular formula is C25H33N7O. The van der Waals surface area contributed by atoms with Crippen molar-refractivity contribution in [3.05, 3.63) is 53.3 Å². The summed E-state index contributed by atoms with van der Waals surface area (Å²) in [6.45, 7) is 11.5. The fraction of sp³-hybridized carbons (Fsp3) is 0.440. The Balaban J connectivity index is 1.50. The molecule has 33 heavy (non-hydrogen) atoms. The van der Waals surface area contributed by atoms with Gasteiger partial charge in [-0.25, -0.2) is 9.97 Å². The first-order valence-corrected chi connectivity index (χ1v) is 11.5. The van der Waals surface area contributed by atoms with E-state index in [-0.39, 0.29) is 11.9 Å². The summed E-state index contributed by atoms with van der Waals surface area (Å²) in [7, 11) is 1.79. The molecule has 3 heterocycles. The summed E-state index contributed by atoms with van der Waals surface area (Å²) in [6.07, 6.45) is 2.94. The number of rotatable bonds is 8. The number of nitrogens with zero attached hydrogens (tertiary/aromatic N) is 5. The van der Waals surface area contributed by atoms with Crippen LogP contribution in [0.4, 0.5) is 11.6 Å². The van der Waals surface area contributed by atoms with E-state index in [2.05, 4.69) is 76.5 Å². The van der Waals surface area contributed by atoms with E-state index >= 15 is 0 Å². The fourth-order valence-electron chi connectivity index (χ4n) is 4.05. The zero-order valence-corrected chi connectivity index (χ0v) is 20.1. The lowest BCUT2D eigenvalue weighted by molar-refractivity contribution is 0.0874. The maximum Gasteiger partial charge on any atom is 0.269 e. The van der Waals surface area contributed by atoms with Crippen molar-refractivity contribution in [1.29, 1.82) is 0 Å². The fourth-order valence-corrected chi connectivity index (χ4v) is 4.05. The Hall–Kier alpha value is -3.26. The summed E-state index contributed by atoms with van der Waals surface area (Å²) >= 11 is 0. The number of hydrogen-bond acceptors (Lipinski definition) is 6. The first-order chi connectivity index (χ1) is 15.8. The van der Waals surface area contributed by atoms with Crippen molar-refractivity contribution in [3.63, 3.8) is 0 Å². The number of hydrogen-bond donors (Lipinski definition) is 2. The molecule has 4 rings (SSSR count). The minimum Gasteiger partial charge on any atom is -0.346 e. The molecule has 8 heteroatoms. The first kappa shape index (κ1) is 22.9. The molecule has 1 amide bonds. The summed E-state index contributed by atoms with van der Waals surface area (Å²) in [5, 5.41) is 11.0. The van der Waals surface area contributed by atoms with Crippen LogP contribution in [0.5, 0.6) is 0 Å². The predicted molar refractivity (Wildman–Crippen MR) is 131 cm³/mol. The maximum absolute atomic E-state index is 13.0. The molecular weight excluding hydrogens is 414 g/mol. The lowest BCUT2D eigenvalue weighted by Gasteiger charge is -2.35. The third-order valence-electron chi connectivity index (χ3n) is 6.03. The number of benzene rings is 1. The number of likely N-dealkylation sites (tertiary alicyclic amines) is 1. The highest BCUT2D eigenvalue weighted by Crippen LogP contribution is 2.21. The normalized spacial score (nSPS) is 14.7. The topological polar surface area (TPSA) is 88.0 Å². The van der Waals surface area contributed by atoms with Crippen molar-refractivity contribution < 1.29 is 4.79 Å². The van der Waals surface area contributed by atoms with Gasteiger partial charge in [0.15, 0.2) is 0 Å². The molecule has 0 aliphatic carbocycles. The van der Waals surface area contributed by atoms with Gasteiger partial charge in [-0.2, -0.15) is 5.10 Å². The lowest BCUT2D eigenvalue weighted by atomic mass is 10.0. The second kappa shape index (κ2) is 9.70. The minimum absolute atomic E-state index is 0.101. The smallest absolute Gasteiger partial charge is 0.269 e. The number of nitrogens with one attached hydrogen (secondary N) is 2. The van der Waals surface area contributed by atoms with Gasteiger partial charge < -0.3 is 15.5 Å². The van der Waals surface area contributed by atoms with Crippen molar-refractivity contribution in [1.82, 2.24) is 30.0 Å². The SMILES string of the molecule is Cc1cc(C)cc(Nc2nccc(-c3cc(C(=O)N[C@H](CN4CCC4)C(C)C)n(C)n3)n2)c1. The highest BCUT2D eigenvalue weighted by molar-refractivity contribution is 5.93. The molecule has 8 nitrogen and oxygen atoms in total. The molecule has 0 bridgehead atoms. The van der Waals surface area contributed by atoms with Crippen LogP contribution < -0.4 is 10.6 Å². The zero-order valence-electron chi connectivity index (χ0n) is 20.1. The average Bonchev–Trinajstić information content (AvgIpc) is 3.10. The molecule has 3 aromatic rings. The van der Waals surface area contributed by atoms with Crippen LogP contribution >= 0.6 is 0 Å². The summed E-state index contributed by atoms with van der Waals surface area (Å²) in [5.74, 6) is 0.727. The quantitative estimate of drug-likeness (QED) is 0.548. The van der Waals surface area contributed by atoms with Gasteiger partial charge in [-0.15, -0.1) is 0 Å². The molecule has 1 aliphatic heterocycles. The van der Waals surface area contributed by atoms with Crippen LogP contribution in [0.25, 0.3) is 11.4 Å². The van der Waals surface area contributed by atoms with E-state index < -0.39 is 0 Å². The second-order valence-electron chi connectivity index (χ2n) is 9.28. The number of aryl methyl sites for hydroxylation is 3. The molecule has 1 aliphatic rings. The Morgan fingerprint density at radius 1 is 1.09 bits per heavy atom. The Labute approximate surface area is 195 Å². The van der Waals surface area contributed by atoms with Gasteiger partial charge in [0, 0.05) is 31.5 Å². The van der Waals surface area contributed by atoms with Gasteiger partial charge in [0.2, 0.25) is 5.95 Å². The van der Waals surface area contributed by atoms with E-state index in [0.717, 1.165) is 25.3 Å². The molecule has 1 atom stereocenters. The zero-order chi connectivity index (χ0) is 23.5. The maximum atomic E-state index is 13.0. The van der Waals surface area contributed by atoms with Gasteiger partial charge in [0.05, 0.1) is 5.69 Å². The molecule has 1 saturated heterocycles. The van der Waals surface area contributed by atoms with Crippen molar-refractivity contribution >= 4 is 17.5 Å². The Morgan fingerprint density at radius 3 is 2.45 bits per heavy atom. The molecule has 1 aromatic carbocycles. The molecule has 0 saturated carbocycles. The van der Waals surface area contributed by atoms with Crippen LogP contribution in [-0.2, 0) is 7.05 Å². The van der Waals surface area contributed by atoms with Crippen LogP contribution in [0.3, 0.4) is 0 Å². The summed E-state index contributed by atoms with van der Waals surface area (Å²) < 4.78 is 1.62. The summed E-state index contributed by atoms with van der Waals surface area (Å²) in [4.78, 5) is 24.4. The molecule has 2 N–H and O–H groups in total. The molecule has 0 unspecified atom stereocenters. The van der Waals surface area contributed by atoms with Crippen LogP contribution in [0.1, 0.15) is 41.9 Å². The minimum atomic E-state index is -0.113. The van der Waals surface area contributed by atoms with Crippen LogP contribution in [0, 0.1) is 19.8 Å². The summed E-state index contributed by atoms with van der Waals surface area (Å²) in [6, 6.07) is 9.92. The van der Waals surface area contributed by atoms with Gasteiger partial charge in [-0.1, -0.05) is 19.9 Å². The Kier molecular flexibility index (Phi) is 6.74. The highest BCUT2D eigenvalue weighted by Gasteiger charge is 2.25. The van der Waals surface area contributed by atoms with Crippen molar-refractivity contribution in [2.45, 2.75) is 40.2 Å². The van der Waals surface area contributed by atoms with Crippen molar-refractivity contribution in [3.8, 4) is 11.4 Å². The number of anilines is 2. The third-order valence-corrected chi connectivity index (χ3v) is 6.03. The van der Waals surface area contributed by atoms with Gasteiger partial charge in [0.25, 0.3) is 5.91 Å². The van der Waals surface area contributed by atoms with Gasteiger partial charge >= 0.3 is 0 Å². The predicted octanol–water partition coefficient (Wildman–Crippen LogP) is 3.70. The van der Waals surface area contributed by atoms with Gasteiger partial charge in [0.1, 0.15) is 11.4 Å². The average molecular weight is 448 g/mol. The highest BCUT2D eigenvalue weighted by atomic mass is 16.2. The molecule has 0 radical (unpaired) electrons. The molecule has 174 valence electrons. The van der Waals surface area contributed by atoms with E-state index in [9.17, 15) is 4.79 Å². The van der Waals surface area contributed by atoms with Crippen molar-refractivity contribution in [2.75, 3.05) is 25.0 Å². The van der Waals surface area contributed by atoms with E-state index in [1.165, 1.54) is 17.5 Å². The Morgan fingerprint density at radius 2 is 1.82 bits per heavy atom. The van der Waals surface area contributed by atoms with E-state index in [4.69, 9.17) is 0 Å². The molecule has 1 fully saturated rings. The van der Waals surface area contributed by atoms with Gasteiger partial charge in [-0.05, 0) is 74.7 Å². The monoisotopic (exact) mass is 447 g/mol. The van der Waals surface area contributed by atoms with E-state index in [1.807, 2.05) is 0 Å².